The van der Waals surface area contributed by atoms with E-state index in [-0.39, 0.29) is 0 Å². The molecule has 1 aromatic rings. The Labute approximate surface area is 118 Å². The highest BCUT2D eigenvalue weighted by molar-refractivity contribution is 7.80. The van der Waals surface area contributed by atoms with Crippen LogP contribution in [0.2, 0.25) is 0 Å². The van der Waals surface area contributed by atoms with Gasteiger partial charge in [0.25, 0.3) is 0 Å². The van der Waals surface area contributed by atoms with Crippen molar-refractivity contribution in [1.29, 1.82) is 0 Å². The van der Waals surface area contributed by atoms with E-state index in [2.05, 4.69) is 28.4 Å². The van der Waals surface area contributed by atoms with Crippen molar-refractivity contribution in [2.24, 2.45) is 0 Å². The Morgan fingerprint density at radius 1 is 1.26 bits per heavy atom. The van der Waals surface area contributed by atoms with Gasteiger partial charge in [0.05, 0.1) is 12.1 Å². The number of nitrogens with one attached hydrogen (secondary N) is 1. The van der Waals surface area contributed by atoms with Crippen LogP contribution >= 0.6 is 12.2 Å². The van der Waals surface area contributed by atoms with Crippen LogP contribution in [0.3, 0.4) is 0 Å². The Morgan fingerprint density at radius 2 is 2.16 bits per heavy atom. The second kappa shape index (κ2) is 4.37. The molecule has 4 rings (SSSR count). The molecule has 3 nitrogen and oxygen atoms in total. The van der Waals surface area contributed by atoms with Crippen LogP contribution in [-0.4, -0.2) is 34.7 Å². The fourth-order valence-corrected chi connectivity index (χ4v) is 4.19. The summed E-state index contributed by atoms with van der Waals surface area (Å²) in [5.41, 5.74) is 1.31. The Kier molecular flexibility index (Phi) is 2.65. The molecule has 1 N–H and O–H groups in total. The second-order valence-corrected chi connectivity index (χ2v) is 6.12. The Bertz CT molecular complexity index is 519. The van der Waals surface area contributed by atoms with Crippen molar-refractivity contribution in [2.75, 3.05) is 6.61 Å². The van der Waals surface area contributed by atoms with E-state index in [1.165, 1.54) is 24.8 Å². The van der Waals surface area contributed by atoms with E-state index in [4.69, 9.17) is 17.0 Å². The molecule has 19 heavy (non-hydrogen) atoms. The lowest BCUT2D eigenvalue weighted by Gasteiger charge is -2.36. The SMILES string of the molecule is S=C1NC2CCCC2N1C1COc2ccccc2C1. The molecule has 1 aliphatic carbocycles. The van der Waals surface area contributed by atoms with Gasteiger partial charge in [-0.15, -0.1) is 0 Å². The number of thiocarbonyl (C=S) groups is 1. The molecule has 1 saturated heterocycles. The Morgan fingerprint density at radius 3 is 3.11 bits per heavy atom. The number of benzene rings is 1. The maximum Gasteiger partial charge on any atom is 0.169 e. The number of rotatable bonds is 1. The number of hydrogen-bond donors (Lipinski definition) is 1. The number of ether oxygens (including phenoxy) is 1. The van der Waals surface area contributed by atoms with E-state index < -0.39 is 0 Å². The number of fused-ring (bicyclic) bond motifs is 2. The van der Waals surface area contributed by atoms with Gasteiger partial charge in [-0.05, 0) is 49.5 Å². The Hall–Kier alpha value is -1.29. The first-order valence-electron chi connectivity index (χ1n) is 7.12. The van der Waals surface area contributed by atoms with Crippen molar-refractivity contribution in [3.8, 4) is 5.75 Å². The highest BCUT2D eigenvalue weighted by atomic mass is 32.1. The van der Waals surface area contributed by atoms with Crippen molar-refractivity contribution >= 4 is 17.3 Å². The standard InChI is InChI=1S/C15H18N2OS/c19-15-16-12-5-3-6-13(12)17(15)11-8-10-4-1-2-7-14(10)18-9-11/h1-2,4,7,11-13H,3,5-6,8-9H2,(H,16,19). The van der Waals surface area contributed by atoms with Gasteiger partial charge in [0.2, 0.25) is 0 Å². The molecule has 100 valence electrons. The van der Waals surface area contributed by atoms with Crippen LogP contribution in [0.1, 0.15) is 24.8 Å². The minimum Gasteiger partial charge on any atom is -0.491 e. The molecule has 2 heterocycles. The highest BCUT2D eigenvalue weighted by Crippen LogP contribution is 2.34. The molecule has 3 atom stereocenters. The predicted octanol–water partition coefficient (Wildman–Crippen LogP) is 2.10. The third kappa shape index (κ3) is 1.81. The van der Waals surface area contributed by atoms with Gasteiger partial charge >= 0.3 is 0 Å². The molecule has 2 fully saturated rings. The van der Waals surface area contributed by atoms with Gasteiger partial charge in [-0.3, -0.25) is 0 Å². The van der Waals surface area contributed by atoms with E-state index in [9.17, 15) is 0 Å². The molecule has 3 aliphatic rings. The topological polar surface area (TPSA) is 24.5 Å². The van der Waals surface area contributed by atoms with Crippen molar-refractivity contribution in [3.63, 3.8) is 0 Å². The lowest BCUT2D eigenvalue weighted by molar-refractivity contribution is 0.154. The van der Waals surface area contributed by atoms with Crippen LogP contribution in [0.15, 0.2) is 24.3 Å². The second-order valence-electron chi connectivity index (χ2n) is 5.74. The minimum atomic E-state index is 0.392. The quantitative estimate of drug-likeness (QED) is 0.793. The van der Waals surface area contributed by atoms with Crippen LogP contribution in [-0.2, 0) is 6.42 Å². The van der Waals surface area contributed by atoms with Crippen molar-refractivity contribution < 1.29 is 4.74 Å². The predicted molar refractivity (Wildman–Crippen MR) is 78.4 cm³/mol. The Balaban J connectivity index is 1.59. The molecule has 1 saturated carbocycles. The lowest BCUT2D eigenvalue weighted by atomic mass is 10.00. The van der Waals surface area contributed by atoms with Gasteiger partial charge in [-0.2, -0.15) is 0 Å². The largest absolute Gasteiger partial charge is 0.491 e. The smallest absolute Gasteiger partial charge is 0.169 e. The van der Waals surface area contributed by atoms with Crippen LogP contribution in [0.5, 0.6) is 5.75 Å². The van der Waals surface area contributed by atoms with Crippen LogP contribution in [0.4, 0.5) is 0 Å². The van der Waals surface area contributed by atoms with Gasteiger partial charge in [0, 0.05) is 6.04 Å². The first-order chi connectivity index (χ1) is 9.33. The van der Waals surface area contributed by atoms with Gasteiger partial charge in [0.1, 0.15) is 12.4 Å². The molecule has 1 aromatic carbocycles. The average Bonchev–Trinajstić information content (AvgIpc) is 2.98. The summed E-state index contributed by atoms with van der Waals surface area (Å²) in [4.78, 5) is 2.42. The summed E-state index contributed by atoms with van der Waals surface area (Å²) in [5.74, 6) is 1.04. The summed E-state index contributed by atoms with van der Waals surface area (Å²) >= 11 is 5.53. The van der Waals surface area contributed by atoms with Crippen molar-refractivity contribution in [1.82, 2.24) is 10.2 Å². The highest BCUT2D eigenvalue weighted by Gasteiger charge is 2.44. The van der Waals surface area contributed by atoms with Gasteiger partial charge < -0.3 is 15.0 Å². The first-order valence-corrected chi connectivity index (χ1v) is 7.53. The number of hydrogen-bond acceptors (Lipinski definition) is 2. The van der Waals surface area contributed by atoms with E-state index in [1.54, 1.807) is 0 Å². The summed E-state index contributed by atoms with van der Waals surface area (Å²) in [5, 5.41) is 4.42. The average molecular weight is 274 g/mol. The monoisotopic (exact) mass is 274 g/mol. The lowest BCUT2D eigenvalue weighted by Crippen LogP contribution is -2.48. The summed E-state index contributed by atoms with van der Waals surface area (Å²) in [6, 6.07) is 9.90. The van der Waals surface area contributed by atoms with E-state index in [1.807, 2.05) is 6.07 Å². The summed E-state index contributed by atoms with van der Waals surface area (Å²) < 4.78 is 5.92. The third-order valence-electron chi connectivity index (χ3n) is 4.63. The maximum absolute atomic E-state index is 5.92. The molecule has 2 aliphatic heterocycles. The van der Waals surface area contributed by atoms with E-state index in [0.29, 0.717) is 18.1 Å². The maximum atomic E-state index is 5.92. The van der Waals surface area contributed by atoms with Crippen molar-refractivity contribution in [3.05, 3.63) is 29.8 Å². The molecule has 0 spiro atoms. The van der Waals surface area contributed by atoms with Gasteiger partial charge in [-0.25, -0.2) is 0 Å². The molecule has 4 heteroatoms. The molecular weight excluding hydrogens is 256 g/mol. The molecule has 0 radical (unpaired) electrons. The molecule has 3 unspecified atom stereocenters. The number of para-hydroxylation sites is 1. The summed E-state index contributed by atoms with van der Waals surface area (Å²) in [6.45, 7) is 0.752. The van der Waals surface area contributed by atoms with Gasteiger partial charge in [-0.1, -0.05) is 18.2 Å². The number of nitrogens with zero attached hydrogens (tertiary/aromatic N) is 1. The zero-order valence-corrected chi connectivity index (χ0v) is 11.7. The molecule has 0 bridgehead atoms. The van der Waals surface area contributed by atoms with E-state index in [0.717, 1.165) is 23.9 Å². The third-order valence-corrected chi connectivity index (χ3v) is 4.96. The normalized spacial score (nSPS) is 32.5. The zero-order valence-electron chi connectivity index (χ0n) is 10.8. The van der Waals surface area contributed by atoms with Gasteiger partial charge in [0.15, 0.2) is 5.11 Å². The first kappa shape index (κ1) is 11.5. The van der Waals surface area contributed by atoms with Crippen LogP contribution in [0, 0.1) is 0 Å². The fraction of sp³-hybridized carbons (Fsp3) is 0.533. The minimum absolute atomic E-state index is 0.392. The summed E-state index contributed by atoms with van der Waals surface area (Å²) in [6.07, 6.45) is 4.87. The summed E-state index contributed by atoms with van der Waals surface area (Å²) in [7, 11) is 0. The van der Waals surface area contributed by atoms with Crippen LogP contribution < -0.4 is 10.1 Å². The molecular formula is C15H18N2OS. The van der Waals surface area contributed by atoms with E-state index >= 15 is 0 Å². The fourth-order valence-electron chi connectivity index (χ4n) is 3.75. The van der Waals surface area contributed by atoms with Crippen LogP contribution in [0.25, 0.3) is 0 Å². The zero-order chi connectivity index (χ0) is 12.8. The van der Waals surface area contributed by atoms with Crippen molar-refractivity contribution in [2.45, 2.75) is 43.8 Å². The molecule has 0 aromatic heterocycles. The molecule has 0 amide bonds.